The fraction of sp³-hybridized carbons (Fsp3) is 0.211. The number of nitrogens with one attached hydrogen (secondary N) is 1. The highest BCUT2D eigenvalue weighted by Crippen LogP contribution is 2.38. The van der Waals surface area contributed by atoms with Crippen LogP contribution in [0.1, 0.15) is 29.7 Å². The summed E-state index contributed by atoms with van der Waals surface area (Å²) in [5.41, 5.74) is 4.88. The minimum Gasteiger partial charge on any atom is -0.361 e. The van der Waals surface area contributed by atoms with Crippen molar-refractivity contribution < 1.29 is 4.79 Å². The summed E-state index contributed by atoms with van der Waals surface area (Å²) in [6.45, 7) is 2.44. The Morgan fingerprint density at radius 2 is 1.86 bits per heavy atom. The third-order valence-electron chi connectivity index (χ3n) is 4.60. The first kappa shape index (κ1) is 13.1. The molecule has 0 saturated carbocycles. The zero-order valence-corrected chi connectivity index (χ0v) is 12.5. The molecule has 3 heteroatoms. The minimum absolute atomic E-state index is 0.00130. The molecule has 0 radical (unpaired) electrons. The SMILES string of the molecule is CC(=O)N1CCc2ccccc2[C@@H]1c1c[nH]c2ccccc12. The third kappa shape index (κ3) is 1.93. The number of aromatic amines is 1. The molecular formula is C19H18N2O. The van der Waals surface area contributed by atoms with Crippen molar-refractivity contribution >= 4 is 16.8 Å². The van der Waals surface area contributed by atoms with Crippen LogP contribution in [0.5, 0.6) is 0 Å². The maximum Gasteiger partial charge on any atom is 0.220 e. The molecule has 2 heterocycles. The van der Waals surface area contributed by atoms with Crippen molar-refractivity contribution in [3.63, 3.8) is 0 Å². The molecule has 3 aromatic rings. The quantitative estimate of drug-likeness (QED) is 0.729. The molecule has 0 unspecified atom stereocenters. The van der Waals surface area contributed by atoms with E-state index in [9.17, 15) is 4.79 Å². The molecule has 0 aliphatic carbocycles. The molecule has 1 aliphatic rings. The molecule has 0 fully saturated rings. The minimum atomic E-state index is -0.00130. The molecule has 3 nitrogen and oxygen atoms in total. The summed E-state index contributed by atoms with van der Waals surface area (Å²) < 4.78 is 0. The second-order valence-corrected chi connectivity index (χ2v) is 5.85. The first-order valence-corrected chi connectivity index (χ1v) is 7.67. The number of hydrogen-bond acceptors (Lipinski definition) is 1. The Labute approximate surface area is 129 Å². The van der Waals surface area contributed by atoms with Crippen LogP contribution in [0.25, 0.3) is 10.9 Å². The van der Waals surface area contributed by atoms with Gasteiger partial charge in [0.15, 0.2) is 0 Å². The molecule has 2 aromatic carbocycles. The molecule has 4 rings (SSSR count). The van der Waals surface area contributed by atoms with Crippen LogP contribution in [0.3, 0.4) is 0 Å². The Morgan fingerprint density at radius 3 is 2.73 bits per heavy atom. The maximum absolute atomic E-state index is 12.2. The number of rotatable bonds is 1. The van der Waals surface area contributed by atoms with E-state index < -0.39 is 0 Å². The van der Waals surface area contributed by atoms with Gasteiger partial charge in [-0.05, 0) is 23.6 Å². The molecule has 110 valence electrons. The average Bonchev–Trinajstić information content (AvgIpc) is 2.97. The molecule has 0 bridgehead atoms. The third-order valence-corrected chi connectivity index (χ3v) is 4.60. The van der Waals surface area contributed by atoms with Gasteiger partial charge in [-0.25, -0.2) is 0 Å². The number of carbonyl (C=O) groups is 1. The van der Waals surface area contributed by atoms with Gasteiger partial charge in [-0.1, -0.05) is 42.5 Å². The van der Waals surface area contributed by atoms with E-state index in [4.69, 9.17) is 0 Å². The highest BCUT2D eigenvalue weighted by molar-refractivity contribution is 5.85. The summed E-state index contributed by atoms with van der Waals surface area (Å²) in [6.07, 6.45) is 2.97. The number of fused-ring (bicyclic) bond motifs is 2. The van der Waals surface area contributed by atoms with Gasteiger partial charge < -0.3 is 9.88 Å². The maximum atomic E-state index is 12.2. The van der Waals surface area contributed by atoms with E-state index in [1.165, 1.54) is 22.1 Å². The largest absolute Gasteiger partial charge is 0.361 e. The van der Waals surface area contributed by atoms with Crippen molar-refractivity contribution in [3.8, 4) is 0 Å². The van der Waals surface area contributed by atoms with Gasteiger partial charge in [0, 0.05) is 36.1 Å². The van der Waals surface area contributed by atoms with Crippen molar-refractivity contribution in [1.82, 2.24) is 9.88 Å². The van der Waals surface area contributed by atoms with Gasteiger partial charge in [0.1, 0.15) is 0 Å². The van der Waals surface area contributed by atoms with E-state index in [0.717, 1.165) is 18.5 Å². The van der Waals surface area contributed by atoms with Gasteiger partial charge in [-0.3, -0.25) is 4.79 Å². The Hall–Kier alpha value is -2.55. The van der Waals surface area contributed by atoms with Crippen molar-refractivity contribution in [3.05, 3.63) is 71.4 Å². The first-order chi connectivity index (χ1) is 10.8. The molecule has 22 heavy (non-hydrogen) atoms. The van der Waals surface area contributed by atoms with E-state index in [2.05, 4.69) is 41.4 Å². The lowest BCUT2D eigenvalue weighted by Gasteiger charge is -2.36. The van der Waals surface area contributed by atoms with E-state index >= 15 is 0 Å². The summed E-state index contributed by atoms with van der Waals surface area (Å²) in [7, 11) is 0. The number of hydrogen-bond donors (Lipinski definition) is 1. The molecule has 1 N–H and O–H groups in total. The second kappa shape index (κ2) is 5.02. The van der Waals surface area contributed by atoms with Crippen molar-refractivity contribution in [2.45, 2.75) is 19.4 Å². The fourth-order valence-electron chi connectivity index (χ4n) is 3.56. The Balaban J connectivity index is 1.94. The summed E-state index contributed by atoms with van der Waals surface area (Å²) >= 11 is 0. The highest BCUT2D eigenvalue weighted by atomic mass is 16.2. The number of carbonyl (C=O) groups excluding carboxylic acids is 1. The van der Waals surface area contributed by atoms with Crippen LogP contribution in [0.2, 0.25) is 0 Å². The van der Waals surface area contributed by atoms with Crippen LogP contribution in [0.4, 0.5) is 0 Å². The Morgan fingerprint density at radius 1 is 1.09 bits per heavy atom. The van der Waals surface area contributed by atoms with E-state index in [-0.39, 0.29) is 11.9 Å². The van der Waals surface area contributed by atoms with Crippen LogP contribution < -0.4 is 0 Å². The summed E-state index contributed by atoms with van der Waals surface area (Å²) in [6, 6.07) is 16.7. The highest BCUT2D eigenvalue weighted by Gasteiger charge is 2.31. The lowest BCUT2D eigenvalue weighted by atomic mass is 9.88. The molecule has 0 saturated heterocycles. The molecule has 1 atom stereocenters. The number of nitrogens with zero attached hydrogens (tertiary/aromatic N) is 1. The van der Waals surface area contributed by atoms with Gasteiger partial charge in [0.25, 0.3) is 0 Å². The standard InChI is InChI=1S/C19H18N2O/c1-13(22)21-11-10-14-6-2-3-7-15(14)19(21)17-12-20-18-9-5-4-8-16(17)18/h2-9,12,19-20H,10-11H2,1H3/t19-/m1/s1. The van der Waals surface area contributed by atoms with Crippen LogP contribution in [0, 0.1) is 0 Å². The predicted octanol–water partition coefficient (Wildman–Crippen LogP) is 3.66. The number of para-hydroxylation sites is 1. The number of H-pyrrole nitrogens is 1. The van der Waals surface area contributed by atoms with Gasteiger partial charge >= 0.3 is 0 Å². The van der Waals surface area contributed by atoms with Crippen molar-refractivity contribution in [2.24, 2.45) is 0 Å². The monoisotopic (exact) mass is 290 g/mol. The van der Waals surface area contributed by atoms with Crippen LogP contribution in [0.15, 0.2) is 54.7 Å². The Bertz CT molecular complexity index is 849. The molecule has 0 spiro atoms. The second-order valence-electron chi connectivity index (χ2n) is 5.85. The van der Waals surface area contributed by atoms with E-state index in [1.807, 2.05) is 23.2 Å². The number of amides is 1. The Kier molecular flexibility index (Phi) is 3.00. The topological polar surface area (TPSA) is 36.1 Å². The van der Waals surface area contributed by atoms with Gasteiger partial charge in [-0.2, -0.15) is 0 Å². The molecule has 1 aliphatic heterocycles. The lowest BCUT2D eigenvalue weighted by molar-refractivity contribution is -0.130. The summed E-state index contributed by atoms with van der Waals surface area (Å²) in [5, 5.41) is 1.19. The van der Waals surface area contributed by atoms with Gasteiger partial charge in [0.2, 0.25) is 5.91 Å². The first-order valence-electron chi connectivity index (χ1n) is 7.67. The van der Waals surface area contributed by atoms with Crippen LogP contribution in [-0.4, -0.2) is 22.3 Å². The number of aromatic nitrogens is 1. The van der Waals surface area contributed by atoms with E-state index in [0.29, 0.717) is 0 Å². The normalized spacial score (nSPS) is 17.5. The van der Waals surface area contributed by atoms with Crippen LogP contribution in [-0.2, 0) is 11.2 Å². The van der Waals surface area contributed by atoms with E-state index in [1.54, 1.807) is 6.92 Å². The van der Waals surface area contributed by atoms with Crippen molar-refractivity contribution in [1.29, 1.82) is 0 Å². The average molecular weight is 290 g/mol. The van der Waals surface area contributed by atoms with Crippen molar-refractivity contribution in [2.75, 3.05) is 6.54 Å². The molecule has 1 amide bonds. The zero-order valence-electron chi connectivity index (χ0n) is 12.5. The number of benzene rings is 2. The lowest BCUT2D eigenvalue weighted by Crippen LogP contribution is -2.39. The summed E-state index contributed by atoms with van der Waals surface area (Å²) in [5.74, 6) is 0.129. The smallest absolute Gasteiger partial charge is 0.220 e. The van der Waals surface area contributed by atoms with Gasteiger partial charge in [-0.15, -0.1) is 0 Å². The zero-order chi connectivity index (χ0) is 15.1. The fourth-order valence-corrected chi connectivity index (χ4v) is 3.56. The van der Waals surface area contributed by atoms with Gasteiger partial charge in [0.05, 0.1) is 6.04 Å². The summed E-state index contributed by atoms with van der Waals surface area (Å²) in [4.78, 5) is 17.5. The van der Waals surface area contributed by atoms with Crippen LogP contribution >= 0.6 is 0 Å². The molecular weight excluding hydrogens is 272 g/mol. The predicted molar refractivity (Wildman–Crippen MR) is 87.7 cm³/mol. The molecule has 1 aromatic heterocycles.